The summed E-state index contributed by atoms with van der Waals surface area (Å²) >= 11 is 0. The minimum absolute atomic E-state index is 0.341. The van der Waals surface area contributed by atoms with Crippen molar-refractivity contribution in [3.8, 4) is 0 Å². The molecule has 0 aliphatic carbocycles. The Labute approximate surface area is 98.1 Å². The highest BCUT2D eigenvalue weighted by Gasteiger charge is 2.13. The molecule has 3 N–H and O–H groups in total. The summed E-state index contributed by atoms with van der Waals surface area (Å²) in [5.74, 6) is -0.981. The quantitative estimate of drug-likeness (QED) is 0.474. The SMILES string of the molecule is CCCCCCCCCN[C@@H](CO)C(=O)O. The number of nitrogens with one attached hydrogen (secondary N) is 1. The summed E-state index contributed by atoms with van der Waals surface area (Å²) < 4.78 is 0. The molecule has 0 saturated carbocycles. The second kappa shape index (κ2) is 10.9. The zero-order chi connectivity index (χ0) is 12.2. The Balaban J connectivity index is 3.22. The van der Waals surface area contributed by atoms with Gasteiger partial charge in [0.1, 0.15) is 6.04 Å². The molecule has 0 aromatic carbocycles. The number of carboxylic acids is 1. The molecule has 0 heterocycles. The second-order valence-corrected chi connectivity index (χ2v) is 4.15. The third-order valence-corrected chi connectivity index (χ3v) is 2.65. The molecule has 0 spiro atoms. The molecule has 0 unspecified atom stereocenters. The molecule has 1 atom stereocenters. The van der Waals surface area contributed by atoms with Crippen molar-refractivity contribution in [2.24, 2.45) is 0 Å². The smallest absolute Gasteiger partial charge is 0.323 e. The Bertz CT molecular complexity index is 174. The van der Waals surface area contributed by atoms with Gasteiger partial charge in [0.25, 0.3) is 0 Å². The summed E-state index contributed by atoms with van der Waals surface area (Å²) in [6, 6.07) is -0.805. The first-order valence-electron chi connectivity index (χ1n) is 6.29. The fourth-order valence-corrected chi connectivity index (χ4v) is 1.59. The number of hydrogen-bond acceptors (Lipinski definition) is 3. The molecule has 96 valence electrons. The van der Waals surface area contributed by atoms with Gasteiger partial charge in [-0.15, -0.1) is 0 Å². The van der Waals surface area contributed by atoms with Crippen LogP contribution in [0, 0.1) is 0 Å². The largest absolute Gasteiger partial charge is 0.480 e. The van der Waals surface area contributed by atoms with E-state index >= 15 is 0 Å². The molecule has 0 amide bonds. The van der Waals surface area contributed by atoms with Gasteiger partial charge in [0, 0.05) is 0 Å². The Morgan fingerprint density at radius 3 is 2.19 bits per heavy atom. The fraction of sp³-hybridized carbons (Fsp3) is 0.917. The Hall–Kier alpha value is -0.610. The first-order valence-corrected chi connectivity index (χ1v) is 6.29. The van der Waals surface area contributed by atoms with E-state index in [9.17, 15) is 4.79 Å². The number of aliphatic hydroxyl groups is 1. The average molecular weight is 231 g/mol. The first-order chi connectivity index (χ1) is 7.72. The summed E-state index contributed by atoms with van der Waals surface area (Å²) in [6.45, 7) is 2.53. The predicted molar refractivity (Wildman–Crippen MR) is 64.5 cm³/mol. The van der Waals surface area contributed by atoms with Gasteiger partial charge in [-0.05, 0) is 13.0 Å². The Morgan fingerprint density at radius 2 is 1.69 bits per heavy atom. The number of unbranched alkanes of at least 4 members (excludes halogenated alkanes) is 6. The number of aliphatic carboxylic acids is 1. The molecule has 0 fully saturated rings. The molecule has 0 saturated heterocycles. The Kier molecular flexibility index (Phi) is 10.5. The van der Waals surface area contributed by atoms with Crippen molar-refractivity contribution in [3.05, 3.63) is 0 Å². The van der Waals surface area contributed by atoms with E-state index in [1.165, 1.54) is 32.1 Å². The van der Waals surface area contributed by atoms with Crippen molar-refractivity contribution in [2.75, 3.05) is 13.2 Å². The first kappa shape index (κ1) is 15.4. The van der Waals surface area contributed by atoms with Crippen LogP contribution in [0.1, 0.15) is 51.9 Å². The van der Waals surface area contributed by atoms with Crippen LogP contribution < -0.4 is 5.32 Å². The van der Waals surface area contributed by atoms with Crippen molar-refractivity contribution in [3.63, 3.8) is 0 Å². The standard InChI is InChI=1S/C12H25NO3/c1-2-3-4-5-6-7-8-9-13-11(10-14)12(15)16/h11,13-14H,2-10H2,1H3,(H,15,16)/t11-/m0/s1. The van der Waals surface area contributed by atoms with Crippen LogP contribution in [-0.2, 0) is 4.79 Å². The molecule has 0 radical (unpaired) electrons. The van der Waals surface area contributed by atoms with Gasteiger partial charge < -0.3 is 15.5 Å². The minimum atomic E-state index is -0.981. The molecule has 0 aromatic heterocycles. The second-order valence-electron chi connectivity index (χ2n) is 4.15. The van der Waals surface area contributed by atoms with E-state index in [-0.39, 0.29) is 6.61 Å². The van der Waals surface area contributed by atoms with Crippen LogP contribution in [0.2, 0.25) is 0 Å². The molecule has 0 aromatic rings. The van der Waals surface area contributed by atoms with Gasteiger partial charge in [-0.25, -0.2) is 0 Å². The predicted octanol–water partition coefficient (Wildman–Crippen LogP) is 1.77. The van der Waals surface area contributed by atoms with Crippen LogP contribution in [0.5, 0.6) is 0 Å². The number of carbonyl (C=O) groups is 1. The zero-order valence-electron chi connectivity index (χ0n) is 10.2. The van der Waals surface area contributed by atoms with Crippen LogP contribution in [0.15, 0.2) is 0 Å². The molecular formula is C12H25NO3. The molecule has 0 rings (SSSR count). The number of rotatable bonds is 11. The lowest BCUT2D eigenvalue weighted by Crippen LogP contribution is -2.40. The topological polar surface area (TPSA) is 69.6 Å². The highest BCUT2D eigenvalue weighted by molar-refractivity contribution is 5.73. The number of aliphatic hydroxyl groups excluding tert-OH is 1. The zero-order valence-corrected chi connectivity index (χ0v) is 10.2. The van der Waals surface area contributed by atoms with Gasteiger partial charge in [-0.3, -0.25) is 4.79 Å². The normalized spacial score (nSPS) is 12.6. The lowest BCUT2D eigenvalue weighted by molar-refractivity contribution is -0.140. The maximum atomic E-state index is 10.5. The maximum Gasteiger partial charge on any atom is 0.323 e. The molecule has 0 bridgehead atoms. The molecule has 0 aliphatic rings. The van der Waals surface area contributed by atoms with Gasteiger partial charge in [-0.2, -0.15) is 0 Å². The van der Waals surface area contributed by atoms with Crippen molar-refractivity contribution in [1.82, 2.24) is 5.32 Å². The third kappa shape index (κ3) is 8.68. The summed E-state index contributed by atoms with van der Waals surface area (Å²) in [5, 5.41) is 20.2. The lowest BCUT2D eigenvalue weighted by Gasteiger charge is -2.10. The monoisotopic (exact) mass is 231 g/mol. The van der Waals surface area contributed by atoms with Crippen LogP contribution in [-0.4, -0.2) is 35.4 Å². The number of carboxylic acid groups (broad SMARTS) is 1. The van der Waals surface area contributed by atoms with E-state index < -0.39 is 12.0 Å². The van der Waals surface area contributed by atoms with E-state index in [1.54, 1.807) is 0 Å². The fourth-order valence-electron chi connectivity index (χ4n) is 1.59. The molecule has 4 nitrogen and oxygen atoms in total. The molecule has 0 aliphatic heterocycles. The van der Waals surface area contributed by atoms with Crippen LogP contribution in [0.4, 0.5) is 0 Å². The van der Waals surface area contributed by atoms with Gasteiger partial charge in [0.05, 0.1) is 6.61 Å². The van der Waals surface area contributed by atoms with E-state index in [4.69, 9.17) is 10.2 Å². The van der Waals surface area contributed by atoms with E-state index in [0.29, 0.717) is 6.54 Å². The van der Waals surface area contributed by atoms with Gasteiger partial charge in [0.2, 0.25) is 0 Å². The van der Waals surface area contributed by atoms with E-state index in [1.807, 2.05) is 0 Å². The molecule has 4 heteroatoms. The third-order valence-electron chi connectivity index (χ3n) is 2.65. The van der Waals surface area contributed by atoms with Crippen LogP contribution >= 0.6 is 0 Å². The average Bonchev–Trinajstić information content (AvgIpc) is 2.26. The van der Waals surface area contributed by atoms with Gasteiger partial charge in [0.15, 0.2) is 0 Å². The number of hydrogen-bond donors (Lipinski definition) is 3. The van der Waals surface area contributed by atoms with E-state index in [0.717, 1.165) is 12.8 Å². The highest BCUT2D eigenvalue weighted by atomic mass is 16.4. The summed E-state index contributed by atoms with van der Waals surface area (Å²) in [7, 11) is 0. The highest BCUT2D eigenvalue weighted by Crippen LogP contribution is 2.06. The van der Waals surface area contributed by atoms with Crippen molar-refractivity contribution in [2.45, 2.75) is 57.9 Å². The summed E-state index contributed by atoms with van der Waals surface area (Å²) in [4.78, 5) is 10.5. The van der Waals surface area contributed by atoms with Crippen LogP contribution in [0.25, 0.3) is 0 Å². The summed E-state index contributed by atoms with van der Waals surface area (Å²) in [6.07, 6.45) is 8.49. The molecular weight excluding hydrogens is 206 g/mol. The van der Waals surface area contributed by atoms with E-state index in [2.05, 4.69) is 12.2 Å². The maximum absolute atomic E-state index is 10.5. The van der Waals surface area contributed by atoms with Gasteiger partial charge >= 0.3 is 5.97 Å². The summed E-state index contributed by atoms with van der Waals surface area (Å²) in [5.41, 5.74) is 0. The van der Waals surface area contributed by atoms with Crippen molar-refractivity contribution < 1.29 is 15.0 Å². The van der Waals surface area contributed by atoms with Crippen LogP contribution in [0.3, 0.4) is 0 Å². The Morgan fingerprint density at radius 1 is 1.12 bits per heavy atom. The van der Waals surface area contributed by atoms with Crippen molar-refractivity contribution >= 4 is 5.97 Å². The van der Waals surface area contributed by atoms with Gasteiger partial charge in [-0.1, -0.05) is 45.4 Å². The minimum Gasteiger partial charge on any atom is -0.480 e. The lowest BCUT2D eigenvalue weighted by atomic mass is 10.1. The molecule has 16 heavy (non-hydrogen) atoms. The van der Waals surface area contributed by atoms with Crippen molar-refractivity contribution in [1.29, 1.82) is 0 Å².